The van der Waals surface area contributed by atoms with Crippen LogP contribution in [0.5, 0.6) is 5.75 Å². The van der Waals surface area contributed by atoms with Gasteiger partial charge in [0.1, 0.15) is 5.75 Å². The summed E-state index contributed by atoms with van der Waals surface area (Å²) in [6.07, 6.45) is 2.35. The van der Waals surface area contributed by atoms with Crippen molar-refractivity contribution in [2.75, 3.05) is 13.2 Å². The molecule has 0 radical (unpaired) electrons. The van der Waals surface area contributed by atoms with Crippen molar-refractivity contribution in [1.82, 2.24) is 4.90 Å². The smallest absolute Gasteiger partial charge is 0.124 e. The second-order valence-corrected chi connectivity index (χ2v) is 15.8. The molecule has 1 saturated heterocycles. The van der Waals surface area contributed by atoms with E-state index in [4.69, 9.17) is 4.74 Å². The molecule has 1 N–H and O–H groups in total. The monoisotopic (exact) mass is 681 g/mol. The van der Waals surface area contributed by atoms with Gasteiger partial charge in [-0.3, -0.25) is 4.90 Å². The van der Waals surface area contributed by atoms with Crippen LogP contribution in [-0.2, 0) is 28.7 Å². The Morgan fingerprint density at radius 3 is 1.67 bits per heavy atom. The van der Waals surface area contributed by atoms with E-state index in [0.717, 1.165) is 49.2 Å². The predicted molar refractivity (Wildman–Crippen MR) is 212 cm³/mol. The number of aromatic hydroxyl groups is 1. The maximum Gasteiger partial charge on any atom is 0.124 e. The Balaban J connectivity index is 1.10. The van der Waals surface area contributed by atoms with Crippen LogP contribution in [0.25, 0.3) is 22.3 Å². The summed E-state index contributed by atoms with van der Waals surface area (Å²) in [5, 5.41) is 12.4. The van der Waals surface area contributed by atoms with Crippen molar-refractivity contribution >= 4 is 0 Å². The van der Waals surface area contributed by atoms with E-state index in [-0.39, 0.29) is 11.5 Å². The lowest BCUT2D eigenvalue weighted by atomic mass is 9.73. The number of aryl methyl sites for hydroxylation is 2. The molecule has 6 aromatic rings. The van der Waals surface area contributed by atoms with E-state index in [0.29, 0.717) is 12.3 Å². The average molecular weight is 682 g/mol. The normalized spacial score (nSPS) is 17.5. The zero-order valence-electron chi connectivity index (χ0n) is 30.7. The van der Waals surface area contributed by atoms with Crippen molar-refractivity contribution in [2.45, 2.75) is 70.6 Å². The molecule has 0 bridgehead atoms. The van der Waals surface area contributed by atoms with Gasteiger partial charge in [0.25, 0.3) is 0 Å². The molecule has 1 heterocycles. The summed E-state index contributed by atoms with van der Waals surface area (Å²) in [5.41, 5.74) is 16.6. The summed E-state index contributed by atoms with van der Waals surface area (Å²) in [4.78, 5) is 2.50. The third-order valence-corrected chi connectivity index (χ3v) is 12.3. The zero-order chi connectivity index (χ0) is 35.6. The summed E-state index contributed by atoms with van der Waals surface area (Å²) >= 11 is 0. The van der Waals surface area contributed by atoms with Crippen LogP contribution in [0.1, 0.15) is 82.3 Å². The van der Waals surface area contributed by atoms with Crippen molar-refractivity contribution in [3.63, 3.8) is 0 Å². The second kappa shape index (κ2) is 12.6. The van der Waals surface area contributed by atoms with Gasteiger partial charge in [-0.15, -0.1) is 0 Å². The summed E-state index contributed by atoms with van der Waals surface area (Å²) < 4.78 is 6.23. The SMILES string of the molecule is Cc1cc(CN(Cc2cc(C)cc(C3(C)c4ccccc4-c4ccccc43)c2O)CC2CCCO2)cc(C2(C)c3ccccc3-c3ccccc32)c1. The van der Waals surface area contributed by atoms with E-state index >= 15 is 0 Å². The minimum atomic E-state index is -0.466. The molecule has 3 aliphatic rings. The molecule has 0 saturated carbocycles. The number of fused-ring (bicyclic) bond motifs is 6. The molecule has 3 nitrogen and oxygen atoms in total. The van der Waals surface area contributed by atoms with Gasteiger partial charge in [-0.05, 0) is 96.2 Å². The van der Waals surface area contributed by atoms with Gasteiger partial charge in [0.2, 0.25) is 0 Å². The molecule has 0 amide bonds. The highest BCUT2D eigenvalue weighted by Crippen LogP contribution is 2.55. The quantitative estimate of drug-likeness (QED) is 0.174. The Hall–Kier alpha value is -4.96. The van der Waals surface area contributed by atoms with Gasteiger partial charge in [-0.1, -0.05) is 139 Å². The van der Waals surface area contributed by atoms with E-state index in [1.165, 1.54) is 61.2 Å². The number of rotatable bonds is 8. The molecule has 0 aromatic heterocycles. The van der Waals surface area contributed by atoms with E-state index in [2.05, 4.69) is 160 Å². The molecule has 6 aromatic carbocycles. The van der Waals surface area contributed by atoms with Crippen LogP contribution in [-0.4, -0.2) is 29.3 Å². The summed E-state index contributed by atoms with van der Waals surface area (Å²) in [6, 6.07) is 46.7. The molecule has 2 aliphatic carbocycles. The van der Waals surface area contributed by atoms with Crippen LogP contribution in [0, 0.1) is 13.8 Å². The lowest BCUT2D eigenvalue weighted by Gasteiger charge is -2.32. The molecular weight excluding hydrogens is 635 g/mol. The van der Waals surface area contributed by atoms with Gasteiger partial charge in [0, 0.05) is 48.2 Å². The number of hydrogen-bond acceptors (Lipinski definition) is 3. The standard InChI is InChI=1S/C49H47NO2/c1-32-24-34(28-36(26-32)48(3)42-19-9-5-15-38(42)39-16-6-10-20-43(39)48)29-50(31-37-14-13-23-52-37)30-35-25-33(2)27-46(47(35)51)49(4)44-21-11-7-17-40(44)41-18-8-12-22-45(41)49/h5-12,15-22,24-28,37,51H,13-14,23,29-31H2,1-4H3. The number of phenolic OH excluding ortho intramolecular Hbond substituents is 1. The van der Waals surface area contributed by atoms with Crippen LogP contribution in [0.4, 0.5) is 0 Å². The van der Waals surface area contributed by atoms with Crippen molar-refractivity contribution < 1.29 is 9.84 Å². The van der Waals surface area contributed by atoms with Crippen molar-refractivity contribution in [3.8, 4) is 28.0 Å². The Bertz CT molecular complexity index is 2240. The van der Waals surface area contributed by atoms with Gasteiger partial charge >= 0.3 is 0 Å². The molecule has 1 fully saturated rings. The van der Waals surface area contributed by atoms with Crippen molar-refractivity contribution in [3.05, 3.63) is 183 Å². The van der Waals surface area contributed by atoms with Crippen LogP contribution in [0.2, 0.25) is 0 Å². The molecule has 3 heteroatoms. The van der Waals surface area contributed by atoms with E-state index < -0.39 is 5.41 Å². The number of phenols is 1. The third-order valence-electron chi connectivity index (χ3n) is 12.3. The fourth-order valence-electron chi connectivity index (χ4n) is 9.87. The minimum Gasteiger partial charge on any atom is -0.507 e. The van der Waals surface area contributed by atoms with Gasteiger partial charge in [0.15, 0.2) is 0 Å². The topological polar surface area (TPSA) is 32.7 Å². The first-order chi connectivity index (χ1) is 25.2. The lowest BCUT2D eigenvalue weighted by Crippen LogP contribution is -2.32. The number of nitrogens with zero attached hydrogens (tertiary/aromatic N) is 1. The molecule has 52 heavy (non-hydrogen) atoms. The van der Waals surface area contributed by atoms with Crippen molar-refractivity contribution in [1.29, 1.82) is 0 Å². The molecule has 1 unspecified atom stereocenters. The van der Waals surface area contributed by atoms with Gasteiger partial charge in [-0.25, -0.2) is 0 Å². The first kappa shape index (κ1) is 32.9. The summed E-state index contributed by atoms with van der Waals surface area (Å²) in [6.45, 7) is 12.1. The zero-order valence-corrected chi connectivity index (χ0v) is 30.7. The Kier molecular flexibility index (Phi) is 7.99. The maximum atomic E-state index is 12.4. The molecule has 1 atom stereocenters. The Morgan fingerprint density at radius 1 is 0.615 bits per heavy atom. The first-order valence-corrected chi connectivity index (χ1v) is 18.9. The number of benzene rings is 6. The van der Waals surface area contributed by atoms with Gasteiger partial charge in [0.05, 0.1) is 6.10 Å². The fourth-order valence-corrected chi connectivity index (χ4v) is 9.87. The van der Waals surface area contributed by atoms with E-state index in [1.807, 2.05) is 0 Å². The van der Waals surface area contributed by atoms with E-state index in [1.54, 1.807) is 0 Å². The summed E-state index contributed by atoms with van der Waals surface area (Å²) in [7, 11) is 0. The number of ether oxygens (including phenoxy) is 1. The highest BCUT2D eigenvalue weighted by atomic mass is 16.5. The first-order valence-electron chi connectivity index (χ1n) is 18.9. The van der Waals surface area contributed by atoms with Gasteiger partial charge < -0.3 is 9.84 Å². The molecule has 0 spiro atoms. The average Bonchev–Trinajstić information content (AvgIpc) is 3.84. The molecule has 1 aliphatic heterocycles. The largest absolute Gasteiger partial charge is 0.507 e. The van der Waals surface area contributed by atoms with Crippen LogP contribution >= 0.6 is 0 Å². The summed E-state index contributed by atoms with van der Waals surface area (Å²) in [5.74, 6) is 0.397. The number of hydrogen-bond donors (Lipinski definition) is 1. The molecule has 260 valence electrons. The van der Waals surface area contributed by atoms with Crippen LogP contribution in [0.3, 0.4) is 0 Å². The fraction of sp³-hybridized carbons (Fsp3) is 0.265. The van der Waals surface area contributed by atoms with Crippen molar-refractivity contribution in [2.24, 2.45) is 0 Å². The molecule has 9 rings (SSSR count). The predicted octanol–water partition coefficient (Wildman–Crippen LogP) is 10.9. The lowest BCUT2D eigenvalue weighted by molar-refractivity contribution is 0.0676. The third kappa shape index (κ3) is 5.17. The highest BCUT2D eigenvalue weighted by Gasteiger charge is 2.43. The highest BCUT2D eigenvalue weighted by molar-refractivity contribution is 5.84. The second-order valence-electron chi connectivity index (χ2n) is 15.8. The Morgan fingerprint density at radius 2 is 1.13 bits per heavy atom. The Labute approximate surface area is 308 Å². The van der Waals surface area contributed by atoms with E-state index in [9.17, 15) is 5.11 Å². The molecular formula is C49H47NO2. The van der Waals surface area contributed by atoms with Crippen LogP contribution < -0.4 is 0 Å². The van der Waals surface area contributed by atoms with Gasteiger partial charge in [-0.2, -0.15) is 0 Å². The maximum absolute atomic E-state index is 12.4. The minimum absolute atomic E-state index is 0.188. The van der Waals surface area contributed by atoms with Crippen LogP contribution in [0.15, 0.2) is 127 Å².